The van der Waals surface area contributed by atoms with E-state index < -0.39 is 10.0 Å². The first-order valence-corrected chi connectivity index (χ1v) is 7.69. The van der Waals surface area contributed by atoms with Crippen molar-refractivity contribution in [3.8, 4) is 0 Å². The molecule has 0 spiro atoms. The fourth-order valence-corrected chi connectivity index (χ4v) is 2.47. The molecule has 2 rings (SSSR count). The molecule has 0 aliphatic carbocycles. The fraction of sp³-hybridized carbons (Fsp3) is 0.214. The maximum Gasteiger partial charge on any atom is 0.240 e. The number of nitrogens with one attached hydrogen (secondary N) is 2. The van der Waals surface area contributed by atoms with Gasteiger partial charge in [-0.1, -0.05) is 18.2 Å². The van der Waals surface area contributed by atoms with Gasteiger partial charge in [0.1, 0.15) is 5.82 Å². The molecule has 1 aromatic carbocycles. The maximum absolute atomic E-state index is 11.6. The zero-order valence-electron chi connectivity index (χ0n) is 11.4. The Morgan fingerprint density at radius 3 is 2.40 bits per heavy atom. The van der Waals surface area contributed by atoms with Gasteiger partial charge in [-0.3, -0.25) is 0 Å². The first kappa shape index (κ1) is 14.5. The van der Waals surface area contributed by atoms with Crippen LogP contribution in [0, 0.1) is 6.92 Å². The van der Waals surface area contributed by atoms with Gasteiger partial charge < -0.3 is 5.32 Å². The van der Waals surface area contributed by atoms with Crippen molar-refractivity contribution in [1.82, 2.24) is 9.71 Å². The second-order valence-corrected chi connectivity index (χ2v) is 6.26. The molecular weight excluding hydrogens is 274 g/mol. The van der Waals surface area contributed by atoms with E-state index in [0.717, 1.165) is 17.1 Å². The summed E-state index contributed by atoms with van der Waals surface area (Å²) in [5.41, 5.74) is 1.94. The molecule has 0 atom stereocenters. The van der Waals surface area contributed by atoms with Crippen LogP contribution in [0.1, 0.15) is 11.3 Å². The lowest BCUT2D eigenvalue weighted by Gasteiger charge is -2.07. The van der Waals surface area contributed by atoms with Gasteiger partial charge in [-0.2, -0.15) is 0 Å². The summed E-state index contributed by atoms with van der Waals surface area (Å²) in [5, 5.41) is 3.20. The molecule has 106 valence electrons. The molecule has 0 bridgehead atoms. The van der Waals surface area contributed by atoms with Crippen molar-refractivity contribution in [2.24, 2.45) is 0 Å². The van der Waals surface area contributed by atoms with Crippen molar-refractivity contribution in [3.05, 3.63) is 53.7 Å². The fourth-order valence-electron chi connectivity index (χ4n) is 1.74. The summed E-state index contributed by atoms with van der Waals surface area (Å²) in [6.07, 6.45) is 0. The summed E-state index contributed by atoms with van der Waals surface area (Å²) in [6.45, 7) is 2.53. The molecule has 0 saturated heterocycles. The minimum Gasteiger partial charge on any atom is -0.366 e. The third kappa shape index (κ3) is 3.55. The van der Waals surface area contributed by atoms with Crippen LogP contribution in [-0.2, 0) is 16.6 Å². The van der Waals surface area contributed by atoms with Crippen LogP contribution in [0.4, 0.5) is 5.82 Å². The Morgan fingerprint density at radius 2 is 1.80 bits per heavy atom. The van der Waals surface area contributed by atoms with Crippen molar-refractivity contribution >= 4 is 15.8 Å². The Hall–Kier alpha value is -1.92. The number of sulfonamides is 1. The lowest BCUT2D eigenvalue weighted by atomic mass is 10.2. The average molecular weight is 291 g/mol. The quantitative estimate of drug-likeness (QED) is 0.883. The number of hydrogen-bond donors (Lipinski definition) is 2. The highest BCUT2D eigenvalue weighted by molar-refractivity contribution is 7.89. The first-order chi connectivity index (χ1) is 9.51. The van der Waals surface area contributed by atoms with E-state index in [1.54, 1.807) is 24.3 Å². The predicted molar refractivity (Wildman–Crippen MR) is 79.0 cm³/mol. The van der Waals surface area contributed by atoms with Crippen LogP contribution in [0.15, 0.2) is 47.4 Å². The summed E-state index contributed by atoms with van der Waals surface area (Å²) in [7, 11) is -1.97. The number of pyridine rings is 1. The van der Waals surface area contributed by atoms with Crippen molar-refractivity contribution in [2.75, 3.05) is 12.4 Å². The molecule has 0 fully saturated rings. The van der Waals surface area contributed by atoms with Crippen molar-refractivity contribution in [1.29, 1.82) is 0 Å². The molecule has 0 aliphatic rings. The summed E-state index contributed by atoms with van der Waals surface area (Å²) in [4.78, 5) is 4.60. The second-order valence-electron chi connectivity index (χ2n) is 4.37. The van der Waals surface area contributed by atoms with Gasteiger partial charge in [0.25, 0.3) is 0 Å². The minimum absolute atomic E-state index is 0.262. The Morgan fingerprint density at radius 1 is 1.10 bits per heavy atom. The van der Waals surface area contributed by atoms with Gasteiger partial charge in [-0.25, -0.2) is 18.1 Å². The topological polar surface area (TPSA) is 71.1 Å². The molecule has 1 aromatic heterocycles. The van der Waals surface area contributed by atoms with Crippen LogP contribution in [0.5, 0.6) is 0 Å². The summed E-state index contributed by atoms with van der Waals surface area (Å²) in [5.74, 6) is 0.803. The zero-order valence-corrected chi connectivity index (χ0v) is 12.2. The Kier molecular flexibility index (Phi) is 4.36. The number of nitrogens with zero attached hydrogens (tertiary/aromatic N) is 1. The van der Waals surface area contributed by atoms with Crippen LogP contribution >= 0.6 is 0 Å². The summed E-state index contributed by atoms with van der Waals surface area (Å²) >= 11 is 0. The molecule has 2 N–H and O–H groups in total. The van der Waals surface area contributed by atoms with Gasteiger partial charge >= 0.3 is 0 Å². The zero-order chi connectivity index (χ0) is 14.6. The van der Waals surface area contributed by atoms with E-state index in [1.165, 1.54) is 7.05 Å². The van der Waals surface area contributed by atoms with Crippen molar-refractivity contribution in [3.63, 3.8) is 0 Å². The van der Waals surface area contributed by atoms with E-state index in [0.29, 0.717) is 6.54 Å². The molecule has 0 radical (unpaired) electrons. The molecule has 0 saturated carbocycles. The van der Waals surface area contributed by atoms with Gasteiger partial charge in [0.15, 0.2) is 0 Å². The highest BCUT2D eigenvalue weighted by Crippen LogP contribution is 2.12. The van der Waals surface area contributed by atoms with Crippen LogP contribution < -0.4 is 10.0 Å². The van der Waals surface area contributed by atoms with Crippen LogP contribution in [0.2, 0.25) is 0 Å². The normalized spacial score (nSPS) is 11.3. The Bertz CT molecular complexity index is 682. The molecule has 0 unspecified atom stereocenters. The molecule has 5 nitrogen and oxygen atoms in total. The molecular formula is C14H17N3O2S. The van der Waals surface area contributed by atoms with Crippen LogP contribution in [0.25, 0.3) is 0 Å². The Balaban J connectivity index is 2.05. The van der Waals surface area contributed by atoms with Gasteiger partial charge in [0.2, 0.25) is 10.0 Å². The highest BCUT2D eigenvalue weighted by atomic mass is 32.2. The van der Waals surface area contributed by atoms with Gasteiger partial charge in [0.05, 0.1) is 4.90 Å². The average Bonchev–Trinajstić information content (AvgIpc) is 2.46. The molecule has 6 heteroatoms. The number of aryl methyl sites for hydroxylation is 1. The van der Waals surface area contributed by atoms with Gasteiger partial charge in [-0.15, -0.1) is 0 Å². The summed E-state index contributed by atoms with van der Waals surface area (Å²) in [6, 6.07) is 12.5. The lowest BCUT2D eigenvalue weighted by molar-refractivity contribution is 0.588. The monoisotopic (exact) mass is 291 g/mol. The second kappa shape index (κ2) is 6.02. The van der Waals surface area contributed by atoms with Gasteiger partial charge in [-0.05, 0) is 43.8 Å². The van der Waals surface area contributed by atoms with E-state index in [2.05, 4.69) is 15.0 Å². The van der Waals surface area contributed by atoms with E-state index in [1.807, 2.05) is 25.1 Å². The first-order valence-electron chi connectivity index (χ1n) is 6.21. The van der Waals surface area contributed by atoms with Crippen LogP contribution in [-0.4, -0.2) is 20.4 Å². The Labute approximate surface area is 119 Å². The molecule has 20 heavy (non-hydrogen) atoms. The number of hydrogen-bond acceptors (Lipinski definition) is 4. The van der Waals surface area contributed by atoms with Gasteiger partial charge in [0, 0.05) is 12.2 Å². The number of aromatic nitrogens is 1. The molecule has 0 aliphatic heterocycles. The maximum atomic E-state index is 11.6. The molecule has 0 amide bonds. The number of benzene rings is 1. The highest BCUT2D eigenvalue weighted by Gasteiger charge is 2.10. The van der Waals surface area contributed by atoms with E-state index >= 15 is 0 Å². The standard InChI is InChI=1S/C14H17N3O2S/c1-11-4-3-5-14(17-11)16-10-12-6-8-13(9-7-12)20(18,19)15-2/h3-9,15H,10H2,1-2H3,(H,16,17). The van der Waals surface area contributed by atoms with E-state index in [-0.39, 0.29) is 4.90 Å². The predicted octanol–water partition coefficient (Wildman–Crippen LogP) is 1.91. The molecule has 1 heterocycles. The van der Waals surface area contributed by atoms with E-state index in [9.17, 15) is 8.42 Å². The largest absolute Gasteiger partial charge is 0.366 e. The lowest BCUT2D eigenvalue weighted by Crippen LogP contribution is -2.18. The molecule has 2 aromatic rings. The number of anilines is 1. The smallest absolute Gasteiger partial charge is 0.240 e. The van der Waals surface area contributed by atoms with E-state index in [4.69, 9.17) is 0 Å². The third-order valence-electron chi connectivity index (χ3n) is 2.86. The van der Waals surface area contributed by atoms with Crippen LogP contribution in [0.3, 0.4) is 0 Å². The van der Waals surface area contributed by atoms with Crippen molar-refractivity contribution < 1.29 is 8.42 Å². The van der Waals surface area contributed by atoms with Crippen molar-refractivity contribution in [2.45, 2.75) is 18.4 Å². The summed E-state index contributed by atoms with van der Waals surface area (Å²) < 4.78 is 25.5. The minimum atomic E-state index is -3.37. The SMILES string of the molecule is CNS(=O)(=O)c1ccc(CNc2cccc(C)n2)cc1. The number of rotatable bonds is 5. The third-order valence-corrected chi connectivity index (χ3v) is 4.29.